The van der Waals surface area contributed by atoms with Crippen LogP contribution in [-0.4, -0.2) is 66.3 Å². The average Bonchev–Trinajstić information content (AvgIpc) is 2.26. The van der Waals surface area contributed by atoms with Gasteiger partial charge in [0.05, 0.1) is 12.6 Å². The fraction of sp³-hybridized carbons (Fsp3) is 0.833. The lowest BCUT2D eigenvalue weighted by molar-refractivity contribution is -0.152. The maximum Gasteiger partial charge on any atom is 0.410 e. The molecule has 2 aliphatic rings. The van der Waals surface area contributed by atoms with Gasteiger partial charge in [0.1, 0.15) is 12.2 Å². The number of piperazine rings is 1. The highest BCUT2D eigenvalue weighted by molar-refractivity contribution is 5.79. The number of rotatable bonds is 0. The molecule has 2 heterocycles. The van der Waals surface area contributed by atoms with E-state index in [1.165, 1.54) is 0 Å². The molecule has 0 aromatic heterocycles. The lowest BCUT2D eigenvalue weighted by Gasteiger charge is -2.43. The van der Waals surface area contributed by atoms with Gasteiger partial charge >= 0.3 is 6.09 Å². The van der Waals surface area contributed by atoms with E-state index in [0.717, 1.165) is 0 Å². The van der Waals surface area contributed by atoms with Crippen LogP contribution >= 0.6 is 0 Å². The molecule has 0 aromatic carbocycles. The molecule has 18 heavy (non-hydrogen) atoms. The number of carbonyl (C=O) groups is 2. The highest BCUT2D eigenvalue weighted by Gasteiger charge is 2.36. The summed E-state index contributed by atoms with van der Waals surface area (Å²) >= 11 is 0. The van der Waals surface area contributed by atoms with Gasteiger partial charge in [0.25, 0.3) is 0 Å². The van der Waals surface area contributed by atoms with E-state index in [0.29, 0.717) is 26.2 Å². The molecule has 6 nitrogen and oxygen atoms in total. The summed E-state index contributed by atoms with van der Waals surface area (Å²) in [5.41, 5.74) is -0.493. The first-order chi connectivity index (χ1) is 8.37. The van der Waals surface area contributed by atoms with Crippen LogP contribution in [0.1, 0.15) is 20.8 Å². The predicted molar refractivity (Wildman–Crippen MR) is 64.1 cm³/mol. The first kappa shape index (κ1) is 13.1. The van der Waals surface area contributed by atoms with Gasteiger partial charge in [0.15, 0.2) is 0 Å². The molecular formula is C12H20N2O4. The molecule has 0 spiro atoms. The third-order valence-electron chi connectivity index (χ3n) is 2.99. The number of hydrogen-bond donors (Lipinski definition) is 0. The van der Waals surface area contributed by atoms with Crippen molar-refractivity contribution in [3.8, 4) is 0 Å². The predicted octanol–water partition coefficient (Wildman–Crippen LogP) is 0.464. The van der Waals surface area contributed by atoms with Crippen LogP contribution in [0.2, 0.25) is 0 Å². The van der Waals surface area contributed by atoms with Crippen LogP contribution in [0.15, 0.2) is 0 Å². The number of hydrogen-bond acceptors (Lipinski definition) is 4. The second kappa shape index (κ2) is 4.76. The van der Waals surface area contributed by atoms with Crippen molar-refractivity contribution >= 4 is 12.0 Å². The van der Waals surface area contributed by atoms with Crippen molar-refractivity contribution in [2.45, 2.75) is 32.4 Å². The highest BCUT2D eigenvalue weighted by Crippen LogP contribution is 2.17. The van der Waals surface area contributed by atoms with Gasteiger partial charge in [0, 0.05) is 19.6 Å². The average molecular weight is 256 g/mol. The van der Waals surface area contributed by atoms with Crippen molar-refractivity contribution < 1.29 is 19.1 Å². The maximum atomic E-state index is 11.9. The number of nitrogens with zero attached hydrogens (tertiary/aromatic N) is 2. The Morgan fingerprint density at radius 2 is 2.11 bits per heavy atom. The Hall–Kier alpha value is -1.30. The van der Waals surface area contributed by atoms with Crippen molar-refractivity contribution in [3.05, 3.63) is 0 Å². The number of ether oxygens (including phenoxy) is 2. The van der Waals surface area contributed by atoms with E-state index in [9.17, 15) is 9.59 Å². The molecule has 0 saturated carbocycles. The van der Waals surface area contributed by atoms with Gasteiger partial charge in [-0.2, -0.15) is 0 Å². The molecule has 2 rings (SSSR count). The van der Waals surface area contributed by atoms with E-state index in [2.05, 4.69) is 0 Å². The summed E-state index contributed by atoms with van der Waals surface area (Å²) in [6.45, 7) is 7.75. The van der Waals surface area contributed by atoms with Crippen LogP contribution in [0.25, 0.3) is 0 Å². The van der Waals surface area contributed by atoms with Crippen LogP contribution in [0.4, 0.5) is 4.79 Å². The number of amides is 2. The van der Waals surface area contributed by atoms with Crippen molar-refractivity contribution in [2.75, 3.05) is 32.8 Å². The summed E-state index contributed by atoms with van der Waals surface area (Å²) in [7, 11) is 0. The number of carbonyl (C=O) groups excluding carboxylic acids is 2. The SMILES string of the molecule is CC(C)(C)OC(=O)N1CCN2C(=O)COC[C@H]2C1. The van der Waals surface area contributed by atoms with E-state index >= 15 is 0 Å². The van der Waals surface area contributed by atoms with Gasteiger partial charge in [-0.05, 0) is 20.8 Å². The first-order valence-electron chi connectivity index (χ1n) is 6.22. The topological polar surface area (TPSA) is 59.1 Å². The molecule has 0 aromatic rings. The Morgan fingerprint density at radius 3 is 2.78 bits per heavy atom. The standard InChI is InChI=1S/C12H20N2O4/c1-12(2,3)18-11(16)13-4-5-14-9(6-13)7-17-8-10(14)15/h9H,4-8H2,1-3H3/t9-/m1/s1. The van der Waals surface area contributed by atoms with Crippen LogP contribution in [0.5, 0.6) is 0 Å². The minimum atomic E-state index is -0.493. The fourth-order valence-corrected chi connectivity index (χ4v) is 2.18. The van der Waals surface area contributed by atoms with Crippen LogP contribution in [0, 0.1) is 0 Å². The molecule has 0 bridgehead atoms. The Kier molecular flexibility index (Phi) is 3.47. The Morgan fingerprint density at radius 1 is 1.39 bits per heavy atom. The second-order valence-electron chi connectivity index (χ2n) is 5.68. The molecule has 0 N–H and O–H groups in total. The molecule has 6 heteroatoms. The normalized spacial score (nSPS) is 24.8. The van der Waals surface area contributed by atoms with E-state index < -0.39 is 5.60 Å². The number of morpholine rings is 1. The quantitative estimate of drug-likeness (QED) is 0.632. The minimum Gasteiger partial charge on any atom is -0.444 e. The Bertz CT molecular complexity index is 350. The number of fused-ring (bicyclic) bond motifs is 1. The van der Waals surface area contributed by atoms with Crippen LogP contribution < -0.4 is 0 Å². The van der Waals surface area contributed by atoms with Gasteiger partial charge in [-0.3, -0.25) is 4.79 Å². The first-order valence-corrected chi connectivity index (χ1v) is 6.22. The third-order valence-corrected chi connectivity index (χ3v) is 2.99. The van der Waals surface area contributed by atoms with Gasteiger partial charge in [-0.25, -0.2) is 4.79 Å². The third kappa shape index (κ3) is 2.93. The lowest BCUT2D eigenvalue weighted by atomic mass is 10.1. The van der Waals surface area contributed by atoms with E-state index in [-0.39, 0.29) is 24.6 Å². The molecule has 0 radical (unpaired) electrons. The van der Waals surface area contributed by atoms with E-state index in [4.69, 9.17) is 9.47 Å². The van der Waals surface area contributed by atoms with Crippen LogP contribution in [0.3, 0.4) is 0 Å². The largest absolute Gasteiger partial charge is 0.444 e. The Labute approximate surface area is 107 Å². The van der Waals surface area contributed by atoms with Gasteiger partial charge in [-0.1, -0.05) is 0 Å². The zero-order valence-corrected chi connectivity index (χ0v) is 11.1. The van der Waals surface area contributed by atoms with E-state index in [1.54, 1.807) is 9.80 Å². The second-order valence-corrected chi connectivity index (χ2v) is 5.68. The molecule has 2 aliphatic heterocycles. The molecular weight excluding hydrogens is 236 g/mol. The summed E-state index contributed by atoms with van der Waals surface area (Å²) < 4.78 is 10.5. The molecule has 1 atom stereocenters. The molecule has 0 aliphatic carbocycles. The summed E-state index contributed by atoms with van der Waals surface area (Å²) in [6.07, 6.45) is -0.319. The molecule has 2 amide bonds. The van der Waals surface area contributed by atoms with E-state index in [1.807, 2.05) is 20.8 Å². The van der Waals surface area contributed by atoms with Gasteiger partial charge in [-0.15, -0.1) is 0 Å². The highest BCUT2D eigenvalue weighted by atomic mass is 16.6. The van der Waals surface area contributed by atoms with Gasteiger partial charge < -0.3 is 19.3 Å². The lowest BCUT2D eigenvalue weighted by Crippen LogP contribution is -2.61. The summed E-state index contributed by atoms with van der Waals surface area (Å²) in [4.78, 5) is 27.0. The molecule has 102 valence electrons. The zero-order valence-electron chi connectivity index (χ0n) is 11.1. The monoisotopic (exact) mass is 256 g/mol. The van der Waals surface area contributed by atoms with Crippen molar-refractivity contribution in [1.82, 2.24) is 9.80 Å². The summed E-state index contributed by atoms with van der Waals surface area (Å²) in [5, 5.41) is 0. The zero-order chi connectivity index (χ0) is 13.3. The minimum absolute atomic E-state index is 0.00934. The van der Waals surface area contributed by atoms with Crippen molar-refractivity contribution in [2.24, 2.45) is 0 Å². The van der Waals surface area contributed by atoms with Gasteiger partial charge in [0.2, 0.25) is 5.91 Å². The maximum absolute atomic E-state index is 11.9. The summed E-state index contributed by atoms with van der Waals surface area (Å²) in [5.74, 6) is 0.00934. The molecule has 2 fully saturated rings. The molecule has 0 unspecified atom stereocenters. The molecule has 2 saturated heterocycles. The fourth-order valence-electron chi connectivity index (χ4n) is 2.18. The van der Waals surface area contributed by atoms with Crippen molar-refractivity contribution in [3.63, 3.8) is 0 Å². The van der Waals surface area contributed by atoms with Crippen molar-refractivity contribution in [1.29, 1.82) is 0 Å². The van der Waals surface area contributed by atoms with Crippen LogP contribution in [-0.2, 0) is 14.3 Å². The summed E-state index contributed by atoms with van der Waals surface area (Å²) in [6, 6.07) is -0.0347. The Balaban J connectivity index is 1.94. The smallest absolute Gasteiger partial charge is 0.410 e.